The summed E-state index contributed by atoms with van der Waals surface area (Å²) >= 11 is 0. The molecule has 1 fully saturated rings. The molecular formula is C16H30N2. The average Bonchev–Trinajstić information content (AvgIpc) is 2.36. The first-order chi connectivity index (χ1) is 8.61. The van der Waals surface area contributed by atoms with Crippen LogP contribution in [0.3, 0.4) is 0 Å². The van der Waals surface area contributed by atoms with Crippen molar-refractivity contribution in [1.82, 2.24) is 9.80 Å². The molecule has 1 saturated heterocycles. The molecule has 0 amide bonds. The molecule has 1 heterocycles. The van der Waals surface area contributed by atoms with Crippen molar-refractivity contribution in [2.75, 3.05) is 39.8 Å². The fraction of sp³-hybridized carbons (Fsp3) is 0.875. The summed E-state index contributed by atoms with van der Waals surface area (Å²) in [4.78, 5) is 5.02. The summed E-state index contributed by atoms with van der Waals surface area (Å²) in [6.45, 7) is 12.7. The summed E-state index contributed by atoms with van der Waals surface area (Å²) in [6, 6.07) is 0. The molecule has 0 N–H and O–H groups in total. The van der Waals surface area contributed by atoms with Crippen LogP contribution in [0.15, 0.2) is 0 Å². The van der Waals surface area contributed by atoms with Crippen molar-refractivity contribution in [1.29, 1.82) is 0 Å². The lowest BCUT2D eigenvalue weighted by atomic mass is 9.96. The quantitative estimate of drug-likeness (QED) is 0.692. The van der Waals surface area contributed by atoms with Gasteiger partial charge < -0.3 is 9.80 Å². The highest BCUT2D eigenvalue weighted by molar-refractivity contribution is 5.01. The maximum absolute atomic E-state index is 3.28. The Morgan fingerprint density at radius 3 is 2.50 bits per heavy atom. The zero-order valence-corrected chi connectivity index (χ0v) is 12.7. The van der Waals surface area contributed by atoms with Crippen molar-refractivity contribution < 1.29 is 0 Å². The Labute approximate surface area is 114 Å². The normalized spacial score (nSPS) is 18.1. The highest BCUT2D eigenvalue weighted by atomic mass is 15.1. The van der Waals surface area contributed by atoms with Crippen LogP contribution in [0.5, 0.6) is 0 Å². The van der Waals surface area contributed by atoms with Gasteiger partial charge in [0.1, 0.15) is 0 Å². The number of likely N-dealkylation sites (tertiary alicyclic amines) is 1. The second kappa shape index (κ2) is 8.56. The summed E-state index contributed by atoms with van der Waals surface area (Å²) in [5.41, 5.74) is 0. The van der Waals surface area contributed by atoms with Crippen LogP contribution in [0, 0.1) is 23.7 Å². The van der Waals surface area contributed by atoms with Crippen molar-refractivity contribution >= 4 is 0 Å². The van der Waals surface area contributed by atoms with Gasteiger partial charge in [-0.1, -0.05) is 20.8 Å². The molecule has 18 heavy (non-hydrogen) atoms. The van der Waals surface area contributed by atoms with Gasteiger partial charge in [-0.15, -0.1) is 11.8 Å². The molecular weight excluding hydrogens is 220 g/mol. The number of hydrogen-bond donors (Lipinski definition) is 0. The monoisotopic (exact) mass is 250 g/mol. The third-order valence-electron chi connectivity index (χ3n) is 3.76. The van der Waals surface area contributed by atoms with Crippen molar-refractivity contribution in [3.63, 3.8) is 0 Å². The molecule has 1 aliphatic heterocycles. The molecule has 1 rings (SSSR count). The van der Waals surface area contributed by atoms with Gasteiger partial charge in [-0.05, 0) is 45.4 Å². The summed E-state index contributed by atoms with van der Waals surface area (Å²) in [6.07, 6.45) is 3.77. The molecule has 2 heteroatoms. The van der Waals surface area contributed by atoms with Crippen molar-refractivity contribution in [3.8, 4) is 11.8 Å². The largest absolute Gasteiger partial charge is 0.306 e. The molecule has 0 radical (unpaired) electrons. The van der Waals surface area contributed by atoms with Gasteiger partial charge >= 0.3 is 0 Å². The minimum atomic E-state index is 0.514. The van der Waals surface area contributed by atoms with E-state index >= 15 is 0 Å². The SMILES string of the molecule is CCN(C)CC1CCN(CCC#CC(C)C)CC1. The third kappa shape index (κ3) is 6.42. The molecule has 0 aliphatic carbocycles. The van der Waals surface area contributed by atoms with Crippen LogP contribution in [0.4, 0.5) is 0 Å². The van der Waals surface area contributed by atoms with Crippen molar-refractivity contribution in [2.45, 2.75) is 40.0 Å². The van der Waals surface area contributed by atoms with E-state index in [9.17, 15) is 0 Å². The Balaban J connectivity index is 2.14. The van der Waals surface area contributed by atoms with E-state index in [2.05, 4.69) is 49.5 Å². The number of hydrogen-bond acceptors (Lipinski definition) is 2. The lowest BCUT2D eigenvalue weighted by Gasteiger charge is -2.33. The van der Waals surface area contributed by atoms with E-state index in [0.717, 1.165) is 18.9 Å². The molecule has 2 nitrogen and oxygen atoms in total. The Hall–Kier alpha value is -0.520. The van der Waals surface area contributed by atoms with Gasteiger partial charge in [0.2, 0.25) is 0 Å². The first-order valence-electron chi connectivity index (χ1n) is 7.51. The molecule has 0 unspecified atom stereocenters. The first kappa shape index (κ1) is 15.5. The fourth-order valence-electron chi connectivity index (χ4n) is 2.45. The summed E-state index contributed by atoms with van der Waals surface area (Å²) in [5.74, 6) is 7.95. The van der Waals surface area contributed by atoms with E-state index in [0.29, 0.717) is 5.92 Å². The number of nitrogens with zero attached hydrogens (tertiary/aromatic N) is 2. The third-order valence-corrected chi connectivity index (χ3v) is 3.76. The second-order valence-corrected chi connectivity index (χ2v) is 5.87. The first-order valence-corrected chi connectivity index (χ1v) is 7.51. The number of piperidine rings is 1. The molecule has 0 spiro atoms. The summed E-state index contributed by atoms with van der Waals surface area (Å²) in [5, 5.41) is 0. The van der Waals surface area contributed by atoms with E-state index in [-0.39, 0.29) is 0 Å². The Morgan fingerprint density at radius 1 is 1.28 bits per heavy atom. The van der Waals surface area contributed by atoms with Gasteiger partial charge in [0, 0.05) is 25.4 Å². The predicted octanol–water partition coefficient (Wildman–Crippen LogP) is 2.70. The van der Waals surface area contributed by atoms with Crippen LogP contribution >= 0.6 is 0 Å². The van der Waals surface area contributed by atoms with Crippen LogP contribution in [-0.4, -0.2) is 49.6 Å². The molecule has 0 saturated carbocycles. The topological polar surface area (TPSA) is 6.48 Å². The predicted molar refractivity (Wildman–Crippen MR) is 79.6 cm³/mol. The van der Waals surface area contributed by atoms with E-state index < -0.39 is 0 Å². The van der Waals surface area contributed by atoms with E-state index in [1.54, 1.807) is 0 Å². The van der Waals surface area contributed by atoms with E-state index in [1.807, 2.05) is 0 Å². The lowest BCUT2D eigenvalue weighted by molar-refractivity contribution is 0.159. The highest BCUT2D eigenvalue weighted by Gasteiger charge is 2.19. The van der Waals surface area contributed by atoms with Gasteiger partial charge in [0.15, 0.2) is 0 Å². The minimum Gasteiger partial charge on any atom is -0.306 e. The molecule has 0 aromatic rings. The van der Waals surface area contributed by atoms with Crippen LogP contribution < -0.4 is 0 Å². The molecule has 0 aromatic heterocycles. The molecule has 104 valence electrons. The molecule has 0 aromatic carbocycles. The van der Waals surface area contributed by atoms with E-state index in [1.165, 1.54) is 39.0 Å². The zero-order valence-electron chi connectivity index (χ0n) is 12.7. The molecule has 0 atom stereocenters. The van der Waals surface area contributed by atoms with Crippen molar-refractivity contribution in [3.05, 3.63) is 0 Å². The Bertz CT molecular complexity index is 267. The van der Waals surface area contributed by atoms with Crippen molar-refractivity contribution in [2.24, 2.45) is 11.8 Å². The van der Waals surface area contributed by atoms with Crippen LogP contribution in [0.1, 0.15) is 40.0 Å². The summed E-state index contributed by atoms with van der Waals surface area (Å²) in [7, 11) is 2.23. The standard InChI is InChI=1S/C16H30N2/c1-5-17(4)14-16-9-12-18(13-10-16)11-7-6-8-15(2)3/h15-16H,5,7,9-14H2,1-4H3. The Kier molecular flexibility index (Phi) is 7.39. The smallest absolute Gasteiger partial charge is 0.0217 e. The average molecular weight is 250 g/mol. The van der Waals surface area contributed by atoms with Crippen LogP contribution in [0.2, 0.25) is 0 Å². The minimum absolute atomic E-state index is 0.514. The van der Waals surface area contributed by atoms with Crippen LogP contribution in [0.25, 0.3) is 0 Å². The lowest BCUT2D eigenvalue weighted by Crippen LogP contribution is -2.38. The highest BCUT2D eigenvalue weighted by Crippen LogP contribution is 2.17. The molecule has 0 bridgehead atoms. The van der Waals surface area contributed by atoms with Gasteiger partial charge in [-0.3, -0.25) is 0 Å². The van der Waals surface area contributed by atoms with Crippen LogP contribution in [-0.2, 0) is 0 Å². The van der Waals surface area contributed by atoms with Gasteiger partial charge in [0.25, 0.3) is 0 Å². The Morgan fingerprint density at radius 2 is 1.94 bits per heavy atom. The van der Waals surface area contributed by atoms with E-state index in [4.69, 9.17) is 0 Å². The maximum atomic E-state index is 3.28. The summed E-state index contributed by atoms with van der Waals surface area (Å²) < 4.78 is 0. The van der Waals surface area contributed by atoms with Gasteiger partial charge in [-0.25, -0.2) is 0 Å². The fourth-order valence-corrected chi connectivity index (χ4v) is 2.45. The number of rotatable bonds is 5. The second-order valence-electron chi connectivity index (χ2n) is 5.87. The zero-order chi connectivity index (χ0) is 13.4. The van der Waals surface area contributed by atoms with Gasteiger partial charge in [-0.2, -0.15) is 0 Å². The van der Waals surface area contributed by atoms with Gasteiger partial charge in [0.05, 0.1) is 0 Å². The maximum Gasteiger partial charge on any atom is 0.0217 e. The molecule has 1 aliphatic rings.